The van der Waals surface area contributed by atoms with Gasteiger partial charge in [0.25, 0.3) is 0 Å². The molecule has 2 nitrogen and oxygen atoms in total. The van der Waals surface area contributed by atoms with E-state index >= 15 is 0 Å². The number of allylic oxidation sites excluding steroid dienone is 4. The first-order valence-electron chi connectivity index (χ1n) is 5.91. The lowest BCUT2D eigenvalue weighted by molar-refractivity contribution is -0.117. The van der Waals surface area contributed by atoms with Crippen LogP contribution in [0.25, 0.3) is 0 Å². The third-order valence-electron chi connectivity index (χ3n) is 3.21. The molecule has 0 aromatic carbocycles. The average Bonchev–Trinajstić information content (AvgIpc) is 2.27. The van der Waals surface area contributed by atoms with Gasteiger partial charge in [-0.2, -0.15) is 0 Å². The van der Waals surface area contributed by atoms with E-state index in [1.165, 1.54) is 0 Å². The van der Waals surface area contributed by atoms with Crippen LogP contribution in [0.15, 0.2) is 23.2 Å². The highest BCUT2D eigenvalue weighted by atomic mass is 16.5. The molecule has 2 aliphatic rings. The lowest BCUT2D eigenvalue weighted by atomic mass is 9.83. The van der Waals surface area contributed by atoms with Crippen molar-refractivity contribution < 1.29 is 9.53 Å². The van der Waals surface area contributed by atoms with Gasteiger partial charge in [-0.05, 0) is 18.9 Å². The van der Waals surface area contributed by atoms with E-state index in [0.717, 1.165) is 42.8 Å². The number of Topliss-reactive ketones (excluding diaryl/α,β-unsaturated/α-hetero) is 1. The molecule has 2 heteroatoms. The highest BCUT2D eigenvalue weighted by Crippen LogP contribution is 2.36. The van der Waals surface area contributed by atoms with Crippen molar-refractivity contribution in [3.8, 4) is 0 Å². The van der Waals surface area contributed by atoms with Crippen LogP contribution < -0.4 is 0 Å². The van der Waals surface area contributed by atoms with E-state index in [-0.39, 0.29) is 0 Å². The van der Waals surface area contributed by atoms with E-state index < -0.39 is 0 Å². The van der Waals surface area contributed by atoms with E-state index in [0.29, 0.717) is 18.1 Å². The zero-order valence-electron chi connectivity index (χ0n) is 9.51. The summed E-state index contributed by atoms with van der Waals surface area (Å²) < 4.78 is 5.76. The van der Waals surface area contributed by atoms with Gasteiger partial charge in [0.05, 0.1) is 5.76 Å². The zero-order chi connectivity index (χ0) is 10.8. The van der Waals surface area contributed by atoms with Gasteiger partial charge in [0.15, 0.2) is 5.78 Å². The Bertz CT molecular complexity index is 336. The summed E-state index contributed by atoms with van der Waals surface area (Å²) in [5.74, 6) is 2.60. The molecule has 0 bridgehead atoms. The van der Waals surface area contributed by atoms with E-state index in [9.17, 15) is 4.79 Å². The molecule has 1 atom stereocenters. The highest BCUT2D eigenvalue weighted by molar-refractivity contribution is 5.97. The molecule has 0 aromatic heterocycles. The molecule has 1 unspecified atom stereocenters. The Morgan fingerprint density at radius 2 is 2.20 bits per heavy atom. The van der Waals surface area contributed by atoms with Crippen LogP contribution in [0, 0.1) is 5.92 Å². The Hall–Kier alpha value is -1.05. The van der Waals surface area contributed by atoms with Gasteiger partial charge in [-0.1, -0.05) is 13.8 Å². The predicted octanol–water partition coefficient (Wildman–Crippen LogP) is 3.34. The quantitative estimate of drug-likeness (QED) is 0.692. The van der Waals surface area contributed by atoms with Crippen molar-refractivity contribution in [2.75, 3.05) is 0 Å². The SMILES string of the molecule is CCC1=CC(CC)C2=C(CCCC2=O)O1. The van der Waals surface area contributed by atoms with Gasteiger partial charge in [-0.3, -0.25) is 4.79 Å². The molecular formula is C13H18O2. The van der Waals surface area contributed by atoms with Crippen LogP contribution in [0.3, 0.4) is 0 Å². The van der Waals surface area contributed by atoms with Crippen molar-refractivity contribution in [3.63, 3.8) is 0 Å². The van der Waals surface area contributed by atoms with Crippen molar-refractivity contribution in [3.05, 3.63) is 23.2 Å². The average molecular weight is 206 g/mol. The number of hydrogen-bond donors (Lipinski definition) is 0. The lowest BCUT2D eigenvalue weighted by Crippen LogP contribution is -2.22. The van der Waals surface area contributed by atoms with Gasteiger partial charge in [-0.15, -0.1) is 0 Å². The molecule has 0 fully saturated rings. The minimum Gasteiger partial charge on any atom is -0.466 e. The van der Waals surface area contributed by atoms with Gasteiger partial charge in [0.1, 0.15) is 5.76 Å². The van der Waals surface area contributed by atoms with Crippen molar-refractivity contribution >= 4 is 5.78 Å². The third kappa shape index (κ3) is 1.85. The van der Waals surface area contributed by atoms with Crippen LogP contribution in [-0.2, 0) is 9.53 Å². The molecule has 0 saturated heterocycles. The van der Waals surface area contributed by atoms with Crippen molar-refractivity contribution in [1.82, 2.24) is 0 Å². The normalized spacial score (nSPS) is 25.9. The van der Waals surface area contributed by atoms with Crippen LogP contribution in [0.5, 0.6) is 0 Å². The van der Waals surface area contributed by atoms with E-state index in [1.807, 2.05) is 0 Å². The molecule has 0 saturated carbocycles. The number of carbonyl (C=O) groups is 1. The fourth-order valence-electron chi connectivity index (χ4n) is 2.37. The van der Waals surface area contributed by atoms with Gasteiger partial charge in [-0.25, -0.2) is 0 Å². The van der Waals surface area contributed by atoms with Crippen molar-refractivity contribution in [1.29, 1.82) is 0 Å². The maximum absolute atomic E-state index is 11.8. The van der Waals surface area contributed by atoms with E-state index in [4.69, 9.17) is 4.74 Å². The minimum atomic E-state index is 0.300. The molecule has 1 aliphatic heterocycles. The fourth-order valence-corrected chi connectivity index (χ4v) is 2.37. The first-order valence-corrected chi connectivity index (χ1v) is 5.91. The van der Waals surface area contributed by atoms with E-state index in [2.05, 4.69) is 19.9 Å². The monoisotopic (exact) mass is 206 g/mol. The summed E-state index contributed by atoms with van der Waals surface area (Å²) in [6, 6.07) is 0. The minimum absolute atomic E-state index is 0.300. The first-order chi connectivity index (χ1) is 7.26. The largest absolute Gasteiger partial charge is 0.466 e. The Kier molecular flexibility index (Phi) is 2.94. The topological polar surface area (TPSA) is 26.3 Å². The summed E-state index contributed by atoms with van der Waals surface area (Å²) in [7, 11) is 0. The summed E-state index contributed by atoms with van der Waals surface area (Å²) in [6.45, 7) is 4.22. The summed E-state index contributed by atoms with van der Waals surface area (Å²) in [4.78, 5) is 11.8. The molecule has 82 valence electrons. The number of hydrogen-bond acceptors (Lipinski definition) is 2. The van der Waals surface area contributed by atoms with Gasteiger partial charge in [0.2, 0.25) is 0 Å². The van der Waals surface area contributed by atoms with Crippen LogP contribution in [-0.4, -0.2) is 5.78 Å². The molecule has 15 heavy (non-hydrogen) atoms. The number of ketones is 1. The summed E-state index contributed by atoms with van der Waals surface area (Å²) >= 11 is 0. The Labute approximate surface area is 91.0 Å². The zero-order valence-corrected chi connectivity index (χ0v) is 9.51. The maximum Gasteiger partial charge on any atom is 0.162 e. The predicted molar refractivity (Wildman–Crippen MR) is 59.1 cm³/mol. The fraction of sp³-hybridized carbons (Fsp3) is 0.615. The molecule has 0 aromatic rings. The van der Waals surface area contributed by atoms with Crippen molar-refractivity contribution in [2.45, 2.75) is 46.0 Å². The van der Waals surface area contributed by atoms with Gasteiger partial charge in [0, 0.05) is 30.8 Å². The molecule has 0 spiro atoms. The molecule has 1 aliphatic carbocycles. The molecule has 0 radical (unpaired) electrons. The Balaban J connectivity index is 2.32. The standard InChI is InChI=1S/C13H18O2/c1-3-9-8-10(4-2)15-12-7-5-6-11(14)13(9)12/h8-9H,3-7H2,1-2H3. The van der Waals surface area contributed by atoms with Crippen LogP contribution >= 0.6 is 0 Å². The smallest absolute Gasteiger partial charge is 0.162 e. The summed E-state index contributed by atoms with van der Waals surface area (Å²) in [5.41, 5.74) is 0.959. The first kappa shape index (κ1) is 10.5. The second kappa shape index (κ2) is 4.21. The summed E-state index contributed by atoms with van der Waals surface area (Å²) in [6.07, 6.45) is 6.63. The summed E-state index contributed by atoms with van der Waals surface area (Å²) in [5, 5.41) is 0. The number of carbonyl (C=O) groups excluding carboxylic acids is 1. The Morgan fingerprint density at radius 1 is 1.40 bits per heavy atom. The molecule has 0 N–H and O–H groups in total. The number of rotatable bonds is 2. The number of ether oxygens (including phenoxy) is 1. The second-order valence-electron chi connectivity index (χ2n) is 4.22. The van der Waals surface area contributed by atoms with Crippen LogP contribution in [0.2, 0.25) is 0 Å². The second-order valence-corrected chi connectivity index (χ2v) is 4.22. The van der Waals surface area contributed by atoms with Crippen molar-refractivity contribution in [2.24, 2.45) is 5.92 Å². The molecular weight excluding hydrogens is 188 g/mol. The Morgan fingerprint density at radius 3 is 2.87 bits per heavy atom. The molecule has 1 heterocycles. The highest BCUT2D eigenvalue weighted by Gasteiger charge is 2.30. The molecule has 0 amide bonds. The maximum atomic E-state index is 11.8. The van der Waals surface area contributed by atoms with Gasteiger partial charge < -0.3 is 4.74 Å². The van der Waals surface area contributed by atoms with Gasteiger partial charge >= 0.3 is 0 Å². The van der Waals surface area contributed by atoms with Crippen LogP contribution in [0.1, 0.15) is 46.0 Å². The van der Waals surface area contributed by atoms with E-state index in [1.54, 1.807) is 0 Å². The lowest BCUT2D eigenvalue weighted by Gasteiger charge is -2.29. The molecule has 2 rings (SSSR count). The van der Waals surface area contributed by atoms with Crippen LogP contribution in [0.4, 0.5) is 0 Å². The third-order valence-corrected chi connectivity index (χ3v) is 3.21.